The number of methoxy groups -OCH3 is 1. The van der Waals surface area contributed by atoms with Crippen molar-refractivity contribution in [3.05, 3.63) is 58.5 Å². The Morgan fingerprint density at radius 3 is 2.60 bits per heavy atom. The first-order chi connectivity index (χ1) is 14.5. The number of halogens is 1. The largest absolute Gasteiger partial charge is 0.497 e. The van der Waals surface area contributed by atoms with E-state index < -0.39 is 5.97 Å². The van der Waals surface area contributed by atoms with E-state index in [0.29, 0.717) is 33.8 Å². The van der Waals surface area contributed by atoms with Gasteiger partial charge < -0.3 is 23.9 Å². The zero-order valence-corrected chi connectivity index (χ0v) is 17.9. The molecule has 7 nitrogen and oxygen atoms in total. The van der Waals surface area contributed by atoms with Crippen LogP contribution in [0.3, 0.4) is 0 Å². The molecule has 0 fully saturated rings. The second-order valence-corrected chi connectivity index (χ2v) is 7.97. The van der Waals surface area contributed by atoms with Crippen LogP contribution in [0.5, 0.6) is 17.2 Å². The highest BCUT2D eigenvalue weighted by molar-refractivity contribution is 7.99. The summed E-state index contributed by atoms with van der Waals surface area (Å²) >= 11 is 7.72. The third-order valence-electron chi connectivity index (χ3n) is 4.68. The van der Waals surface area contributed by atoms with Crippen molar-refractivity contribution in [2.24, 2.45) is 0 Å². The number of carbonyl (C=O) groups is 1. The summed E-state index contributed by atoms with van der Waals surface area (Å²) in [4.78, 5) is 17.6. The van der Waals surface area contributed by atoms with Gasteiger partial charge in [0.25, 0.3) is 0 Å². The van der Waals surface area contributed by atoms with Crippen LogP contribution in [0.4, 0.5) is 0 Å². The number of imidazole rings is 1. The molecule has 0 aliphatic carbocycles. The van der Waals surface area contributed by atoms with Crippen LogP contribution >= 0.6 is 23.4 Å². The van der Waals surface area contributed by atoms with Gasteiger partial charge >= 0.3 is 5.97 Å². The Morgan fingerprint density at radius 2 is 1.97 bits per heavy atom. The van der Waals surface area contributed by atoms with E-state index in [9.17, 15) is 9.90 Å². The molecule has 1 aliphatic heterocycles. The first-order valence-corrected chi connectivity index (χ1v) is 10.4. The zero-order valence-electron chi connectivity index (χ0n) is 16.3. The molecule has 1 aromatic heterocycles. The van der Waals surface area contributed by atoms with Gasteiger partial charge in [0.05, 0.1) is 13.7 Å². The second kappa shape index (κ2) is 8.49. The number of nitrogens with zero attached hydrogens (tertiary/aromatic N) is 2. The SMILES string of the molecule is CCc1nc(Sc2ccc(OC)cc2)c(C(=O)O)n1Cc1cc2c(cc1Cl)OCO2. The molecule has 156 valence electrons. The van der Waals surface area contributed by atoms with Crippen LogP contribution in [0.1, 0.15) is 28.8 Å². The number of benzene rings is 2. The highest BCUT2D eigenvalue weighted by atomic mass is 35.5. The zero-order chi connectivity index (χ0) is 21.3. The number of hydrogen-bond acceptors (Lipinski definition) is 6. The molecule has 0 unspecified atom stereocenters. The Morgan fingerprint density at radius 1 is 1.27 bits per heavy atom. The fraction of sp³-hybridized carbons (Fsp3) is 0.238. The first kappa shape index (κ1) is 20.4. The molecule has 9 heteroatoms. The molecule has 1 aliphatic rings. The topological polar surface area (TPSA) is 82.8 Å². The summed E-state index contributed by atoms with van der Waals surface area (Å²) in [5, 5.41) is 10.9. The molecule has 0 amide bonds. The number of rotatable bonds is 7. The molecule has 30 heavy (non-hydrogen) atoms. The maximum absolute atomic E-state index is 12.2. The van der Waals surface area contributed by atoms with E-state index in [1.165, 1.54) is 11.8 Å². The molecule has 4 rings (SSSR count). The number of fused-ring (bicyclic) bond motifs is 1. The van der Waals surface area contributed by atoms with E-state index in [2.05, 4.69) is 4.98 Å². The van der Waals surface area contributed by atoms with Crippen LogP contribution in [-0.4, -0.2) is 34.5 Å². The Kier molecular flexibility index (Phi) is 5.78. The second-order valence-electron chi connectivity index (χ2n) is 6.50. The molecule has 0 atom stereocenters. The molecule has 0 spiro atoms. The quantitative estimate of drug-likeness (QED) is 0.561. The van der Waals surface area contributed by atoms with E-state index in [4.69, 9.17) is 25.8 Å². The Hall–Kier alpha value is -2.84. The summed E-state index contributed by atoms with van der Waals surface area (Å²) in [7, 11) is 1.60. The summed E-state index contributed by atoms with van der Waals surface area (Å²) in [6, 6.07) is 10.9. The van der Waals surface area contributed by atoms with E-state index >= 15 is 0 Å². The van der Waals surface area contributed by atoms with Gasteiger partial charge in [-0.05, 0) is 35.9 Å². The Labute approximate surface area is 182 Å². The smallest absolute Gasteiger partial charge is 0.355 e. The maximum Gasteiger partial charge on any atom is 0.355 e. The van der Waals surface area contributed by atoms with Gasteiger partial charge in [-0.3, -0.25) is 0 Å². The molecule has 3 aromatic rings. The van der Waals surface area contributed by atoms with Crippen LogP contribution in [0, 0.1) is 0 Å². The molecule has 0 saturated carbocycles. The maximum atomic E-state index is 12.2. The molecule has 2 aromatic carbocycles. The monoisotopic (exact) mass is 446 g/mol. The van der Waals surface area contributed by atoms with E-state index in [0.717, 1.165) is 16.2 Å². The van der Waals surface area contributed by atoms with Crippen molar-refractivity contribution in [2.45, 2.75) is 29.8 Å². The average molecular weight is 447 g/mol. The van der Waals surface area contributed by atoms with Crippen LogP contribution in [0.15, 0.2) is 46.3 Å². The van der Waals surface area contributed by atoms with Crippen LogP contribution in [-0.2, 0) is 13.0 Å². The van der Waals surface area contributed by atoms with Gasteiger partial charge in [-0.2, -0.15) is 0 Å². The third kappa shape index (κ3) is 3.93. The number of aryl methyl sites for hydroxylation is 1. The standard InChI is InChI=1S/C21H19ClN2O5S/c1-3-18-23-20(30-14-6-4-13(27-2)5-7-14)19(21(25)26)24(18)10-12-8-16-17(9-15(12)22)29-11-28-16/h4-9H,3,10-11H2,1-2H3,(H,25,26). The summed E-state index contributed by atoms with van der Waals surface area (Å²) in [5.41, 5.74) is 0.859. The van der Waals surface area contributed by atoms with Gasteiger partial charge in [-0.25, -0.2) is 9.78 Å². The highest BCUT2D eigenvalue weighted by Crippen LogP contribution is 2.38. The molecule has 2 heterocycles. The van der Waals surface area contributed by atoms with Gasteiger partial charge in [0.2, 0.25) is 6.79 Å². The van der Waals surface area contributed by atoms with E-state index in [1.54, 1.807) is 23.8 Å². The van der Waals surface area contributed by atoms with Gasteiger partial charge in [0.15, 0.2) is 17.2 Å². The van der Waals surface area contributed by atoms with Crippen molar-refractivity contribution >= 4 is 29.3 Å². The number of aromatic carboxylic acids is 1. The molecular weight excluding hydrogens is 428 g/mol. The van der Waals surface area contributed by atoms with Gasteiger partial charge in [-0.15, -0.1) is 0 Å². The van der Waals surface area contributed by atoms with E-state index in [1.807, 2.05) is 31.2 Å². The Bertz CT molecular complexity index is 1100. The minimum Gasteiger partial charge on any atom is -0.497 e. The first-order valence-electron chi connectivity index (χ1n) is 9.22. The summed E-state index contributed by atoms with van der Waals surface area (Å²) < 4.78 is 17.6. The van der Waals surface area contributed by atoms with Gasteiger partial charge in [0.1, 0.15) is 16.6 Å². The number of hydrogen-bond donors (Lipinski definition) is 1. The van der Waals surface area contributed by atoms with Crippen molar-refractivity contribution in [2.75, 3.05) is 13.9 Å². The lowest BCUT2D eigenvalue weighted by atomic mass is 10.2. The normalized spacial score (nSPS) is 12.2. The minimum atomic E-state index is -1.05. The molecule has 0 saturated heterocycles. The van der Waals surface area contributed by atoms with Crippen molar-refractivity contribution in [1.82, 2.24) is 9.55 Å². The fourth-order valence-electron chi connectivity index (χ4n) is 3.20. The third-order valence-corrected chi connectivity index (χ3v) is 6.02. The fourth-order valence-corrected chi connectivity index (χ4v) is 4.35. The molecule has 0 radical (unpaired) electrons. The number of ether oxygens (including phenoxy) is 3. The van der Waals surface area contributed by atoms with E-state index in [-0.39, 0.29) is 19.0 Å². The molecule has 1 N–H and O–H groups in total. The van der Waals surface area contributed by atoms with Gasteiger partial charge in [0, 0.05) is 22.4 Å². The van der Waals surface area contributed by atoms with Gasteiger partial charge in [-0.1, -0.05) is 30.3 Å². The predicted octanol–water partition coefficient (Wildman–Crippen LogP) is 4.73. The lowest BCUT2D eigenvalue weighted by molar-refractivity contribution is 0.0681. The average Bonchev–Trinajstić information content (AvgIpc) is 3.32. The van der Waals surface area contributed by atoms with Crippen molar-refractivity contribution in [3.63, 3.8) is 0 Å². The molecule has 0 bridgehead atoms. The Balaban J connectivity index is 1.71. The minimum absolute atomic E-state index is 0.126. The van der Waals surface area contributed by atoms with Crippen LogP contribution in [0.25, 0.3) is 0 Å². The van der Waals surface area contributed by atoms with Crippen LogP contribution in [0.2, 0.25) is 5.02 Å². The van der Waals surface area contributed by atoms with Crippen molar-refractivity contribution in [1.29, 1.82) is 0 Å². The van der Waals surface area contributed by atoms with Crippen molar-refractivity contribution < 1.29 is 24.1 Å². The molecular formula is C21H19ClN2O5S. The highest BCUT2D eigenvalue weighted by Gasteiger charge is 2.25. The predicted molar refractivity (Wildman–Crippen MR) is 112 cm³/mol. The van der Waals surface area contributed by atoms with Crippen molar-refractivity contribution in [3.8, 4) is 17.2 Å². The summed E-state index contributed by atoms with van der Waals surface area (Å²) in [5.74, 6) is 1.53. The number of aromatic nitrogens is 2. The number of carboxylic acids is 1. The lowest BCUT2D eigenvalue weighted by Crippen LogP contribution is -2.13. The summed E-state index contributed by atoms with van der Waals surface area (Å²) in [6.07, 6.45) is 0.575. The van der Waals surface area contributed by atoms with Crippen LogP contribution < -0.4 is 14.2 Å². The number of carboxylic acid groups (broad SMARTS) is 1. The lowest BCUT2D eigenvalue weighted by Gasteiger charge is -2.12. The summed E-state index contributed by atoms with van der Waals surface area (Å²) in [6.45, 7) is 2.34.